The van der Waals surface area contributed by atoms with Gasteiger partial charge in [-0.05, 0) is 92.4 Å². The van der Waals surface area contributed by atoms with Crippen molar-refractivity contribution in [3.05, 3.63) is 151 Å². The third-order valence-corrected chi connectivity index (χ3v) is 14.4. The van der Waals surface area contributed by atoms with Crippen LogP contribution in [0.15, 0.2) is 101 Å². The highest BCUT2D eigenvalue weighted by atomic mass is 35.5. The number of hydrogen-bond acceptors (Lipinski definition) is 10. The summed E-state index contributed by atoms with van der Waals surface area (Å²) in [5.41, 5.74) is 2.08. The number of hydrogen-bond donors (Lipinski definition) is 2. The fourth-order valence-corrected chi connectivity index (χ4v) is 10.4. The van der Waals surface area contributed by atoms with Crippen LogP contribution < -0.4 is 30.5 Å². The fraction of sp³-hybridized carbons (Fsp3) is 0.269. The SMILES string of the molecule is O=C(O)c1cn(C2CC2)c2c(F)c(N3CCN(c4ccnc5cc(Cl)ccc45)CC3)c(F)cc2c1=O.O=C(O)c1cn(C2CC2)c2cc(N3CCN(c4ccnc5cc(Cl)ccc45)CC3)c(F)cc2c1=O. The van der Waals surface area contributed by atoms with E-state index < -0.39 is 45.8 Å². The van der Waals surface area contributed by atoms with E-state index in [9.17, 15) is 29.4 Å². The van der Waals surface area contributed by atoms with Gasteiger partial charge in [0.15, 0.2) is 5.82 Å². The first-order valence-electron chi connectivity index (χ1n) is 23.2. The van der Waals surface area contributed by atoms with Crippen molar-refractivity contribution in [3.8, 4) is 0 Å². The Kier molecular flexibility index (Phi) is 11.7. The number of halogens is 5. The highest BCUT2D eigenvalue weighted by Crippen LogP contribution is 2.41. The molecule has 2 saturated carbocycles. The maximum Gasteiger partial charge on any atom is 0.341 e. The zero-order valence-corrected chi connectivity index (χ0v) is 39.3. The van der Waals surface area contributed by atoms with Crippen molar-refractivity contribution in [2.45, 2.75) is 37.8 Å². The van der Waals surface area contributed by atoms with Gasteiger partial charge in [0.2, 0.25) is 10.9 Å². The van der Waals surface area contributed by atoms with Crippen molar-refractivity contribution in [2.24, 2.45) is 0 Å². The Morgan fingerprint density at radius 1 is 0.535 bits per heavy atom. The van der Waals surface area contributed by atoms with E-state index in [2.05, 4.69) is 19.8 Å². The van der Waals surface area contributed by atoms with E-state index in [-0.39, 0.29) is 39.6 Å². The number of rotatable bonds is 8. The summed E-state index contributed by atoms with van der Waals surface area (Å²) in [6.07, 6.45) is 9.39. The number of benzene rings is 4. The molecule has 8 aromatic rings. The predicted molar refractivity (Wildman–Crippen MR) is 269 cm³/mol. The molecule has 4 aromatic heterocycles. The van der Waals surface area contributed by atoms with E-state index in [1.807, 2.05) is 45.9 Å². The van der Waals surface area contributed by atoms with Crippen LogP contribution in [-0.4, -0.2) is 93.6 Å². The van der Waals surface area contributed by atoms with Gasteiger partial charge in [0.1, 0.15) is 28.4 Å². The molecule has 4 aromatic carbocycles. The lowest BCUT2D eigenvalue weighted by molar-refractivity contribution is 0.0684. The van der Waals surface area contributed by atoms with Crippen molar-refractivity contribution in [1.82, 2.24) is 19.1 Å². The second-order valence-electron chi connectivity index (χ2n) is 18.3. The van der Waals surface area contributed by atoms with Crippen LogP contribution in [0.3, 0.4) is 0 Å². The summed E-state index contributed by atoms with van der Waals surface area (Å²) in [4.78, 5) is 65.4. The summed E-state index contributed by atoms with van der Waals surface area (Å²) in [6.45, 7) is 4.33. The van der Waals surface area contributed by atoms with Gasteiger partial charge in [-0.1, -0.05) is 23.2 Å². The summed E-state index contributed by atoms with van der Waals surface area (Å²) >= 11 is 12.2. The Bertz CT molecular complexity index is 3640. The third-order valence-electron chi connectivity index (χ3n) is 13.9. The summed E-state index contributed by atoms with van der Waals surface area (Å²) in [6, 6.07) is 19.0. The van der Waals surface area contributed by atoms with Crippen LogP contribution in [-0.2, 0) is 0 Å². The molecule has 2 saturated heterocycles. The van der Waals surface area contributed by atoms with E-state index >= 15 is 13.2 Å². The number of carbonyl (C=O) groups is 2. The van der Waals surface area contributed by atoms with E-state index in [1.165, 1.54) is 23.0 Å². The Morgan fingerprint density at radius 2 is 0.986 bits per heavy atom. The molecule has 12 rings (SSSR count). The van der Waals surface area contributed by atoms with E-state index in [0.29, 0.717) is 73.6 Å². The number of piperazine rings is 2. The molecule has 14 nitrogen and oxygen atoms in total. The van der Waals surface area contributed by atoms with E-state index in [1.54, 1.807) is 35.5 Å². The Balaban J connectivity index is 0.000000154. The standard InChI is InChI=1S/C26H21ClF2N4O3.C26H22ClFN4O3/c27-14-1-4-16-20(11-14)30-6-5-21(16)31-7-9-32(10-8-31)24-19(28)12-17-23(22(24)29)33(15-2-3-15)13-18(25(17)34)26(35)36;27-15-1-4-17-21(11-15)29-6-5-22(17)30-7-9-31(10-8-30)24-13-23-18(12-20(24)28)25(33)19(26(34)35)14-32(23)16-2-3-16/h1,4-6,11-13,15H,2-3,7-10H2,(H,35,36);1,4-6,11-14,16H,2-3,7-10H2,(H,34,35). The van der Waals surface area contributed by atoms with Gasteiger partial charge in [0.05, 0.1) is 33.1 Å². The number of carboxylic acids is 2. The minimum absolute atomic E-state index is 0.0386. The van der Waals surface area contributed by atoms with Crippen LogP contribution in [0.4, 0.5) is 35.9 Å². The summed E-state index contributed by atoms with van der Waals surface area (Å²) in [5, 5.41) is 21.9. The lowest BCUT2D eigenvalue weighted by atomic mass is 10.1. The summed E-state index contributed by atoms with van der Waals surface area (Å²) in [5.74, 6) is -4.93. The minimum atomic E-state index is -1.41. The molecule has 0 bridgehead atoms. The molecule has 6 heterocycles. The second kappa shape index (κ2) is 18.1. The van der Waals surface area contributed by atoms with Gasteiger partial charge < -0.3 is 38.9 Å². The highest BCUT2D eigenvalue weighted by molar-refractivity contribution is 6.31. The highest BCUT2D eigenvalue weighted by Gasteiger charge is 2.33. The Morgan fingerprint density at radius 3 is 1.49 bits per heavy atom. The lowest BCUT2D eigenvalue weighted by Gasteiger charge is -2.38. The third kappa shape index (κ3) is 8.49. The largest absolute Gasteiger partial charge is 0.477 e. The first kappa shape index (κ1) is 46.0. The molecule has 19 heteroatoms. The van der Waals surface area contributed by atoms with Gasteiger partial charge in [-0.2, -0.15) is 0 Å². The number of aromatic carboxylic acids is 2. The quantitative estimate of drug-likeness (QED) is 0.149. The first-order valence-corrected chi connectivity index (χ1v) is 24.0. The van der Waals surface area contributed by atoms with E-state index in [4.69, 9.17) is 23.2 Å². The van der Waals surface area contributed by atoms with Gasteiger partial charge in [0.25, 0.3) is 0 Å². The molecule has 4 fully saturated rings. The molecule has 0 atom stereocenters. The van der Waals surface area contributed by atoms with Crippen LogP contribution in [0, 0.1) is 17.5 Å². The van der Waals surface area contributed by atoms with Gasteiger partial charge in [-0.25, -0.2) is 22.8 Å². The number of nitrogens with zero attached hydrogens (tertiary/aromatic N) is 8. The van der Waals surface area contributed by atoms with Crippen LogP contribution in [0.5, 0.6) is 0 Å². The average molecular weight is 1000 g/mol. The molecule has 2 aliphatic carbocycles. The molecule has 71 heavy (non-hydrogen) atoms. The number of pyridine rings is 4. The van der Waals surface area contributed by atoms with Crippen molar-refractivity contribution >= 4 is 102 Å². The molecule has 0 spiro atoms. The molecular weight excluding hydrogens is 961 g/mol. The Hall–Kier alpha value is -7.37. The molecule has 0 unspecified atom stereocenters. The van der Waals surface area contributed by atoms with Crippen molar-refractivity contribution in [1.29, 1.82) is 0 Å². The molecule has 2 aliphatic heterocycles. The van der Waals surface area contributed by atoms with Crippen molar-refractivity contribution in [2.75, 3.05) is 72.0 Å². The molecule has 2 N–H and O–H groups in total. The molecule has 362 valence electrons. The van der Waals surface area contributed by atoms with Crippen LogP contribution >= 0.6 is 23.2 Å². The number of carboxylic acid groups (broad SMARTS) is 2. The zero-order valence-electron chi connectivity index (χ0n) is 37.8. The molecule has 0 amide bonds. The predicted octanol–water partition coefficient (Wildman–Crippen LogP) is 9.54. The van der Waals surface area contributed by atoms with Crippen LogP contribution in [0.2, 0.25) is 10.0 Å². The molecular formula is C52H43Cl2F3N8O6. The summed E-state index contributed by atoms with van der Waals surface area (Å²) in [7, 11) is 0. The molecule has 0 radical (unpaired) electrons. The topological polar surface area (TPSA) is 157 Å². The maximum atomic E-state index is 15.9. The molecule has 4 aliphatic rings. The number of aromatic nitrogens is 4. The fourth-order valence-electron chi connectivity index (χ4n) is 10.0. The summed E-state index contributed by atoms with van der Waals surface area (Å²) < 4.78 is 49.8. The Labute approximate surface area is 412 Å². The second-order valence-corrected chi connectivity index (χ2v) is 19.2. The van der Waals surface area contributed by atoms with E-state index in [0.717, 1.165) is 64.9 Å². The zero-order chi connectivity index (χ0) is 49.4. The average Bonchev–Trinajstić information content (AvgIpc) is 4.31. The van der Waals surface area contributed by atoms with Crippen LogP contribution in [0.1, 0.15) is 58.5 Å². The lowest BCUT2D eigenvalue weighted by Crippen LogP contribution is -2.47. The number of anilines is 4. The van der Waals surface area contributed by atoms with Gasteiger partial charge in [-0.15, -0.1) is 0 Å². The minimum Gasteiger partial charge on any atom is -0.477 e. The number of fused-ring (bicyclic) bond motifs is 4. The smallest absolute Gasteiger partial charge is 0.341 e. The maximum absolute atomic E-state index is 15.9. The van der Waals surface area contributed by atoms with Gasteiger partial charge in [0, 0.05) is 127 Å². The first-order chi connectivity index (χ1) is 34.2. The van der Waals surface area contributed by atoms with Crippen LogP contribution in [0.25, 0.3) is 43.6 Å². The monoisotopic (exact) mass is 1000 g/mol. The van der Waals surface area contributed by atoms with Gasteiger partial charge >= 0.3 is 11.9 Å². The van der Waals surface area contributed by atoms with Crippen molar-refractivity contribution < 1.29 is 33.0 Å². The normalized spacial score (nSPS) is 16.2. The van der Waals surface area contributed by atoms with Crippen molar-refractivity contribution in [3.63, 3.8) is 0 Å². The van der Waals surface area contributed by atoms with Gasteiger partial charge in [-0.3, -0.25) is 19.6 Å².